The molecule has 0 spiro atoms. The first-order valence-corrected chi connectivity index (χ1v) is 8.14. The molecule has 1 heterocycles. The lowest BCUT2D eigenvalue weighted by atomic mass is 10.2. The van der Waals surface area contributed by atoms with E-state index in [0.717, 1.165) is 23.8 Å². The number of nitrogens with one attached hydrogen (secondary N) is 2. The number of rotatable bonds is 5. The van der Waals surface area contributed by atoms with Crippen molar-refractivity contribution in [1.29, 1.82) is 0 Å². The molecule has 4 nitrogen and oxygen atoms in total. The van der Waals surface area contributed by atoms with Crippen LogP contribution < -0.4 is 15.4 Å². The fourth-order valence-corrected chi connectivity index (χ4v) is 3.01. The molecule has 1 aromatic carbocycles. The van der Waals surface area contributed by atoms with E-state index in [4.69, 9.17) is 16.3 Å². The van der Waals surface area contributed by atoms with Crippen molar-refractivity contribution in [3.05, 3.63) is 50.7 Å². The summed E-state index contributed by atoms with van der Waals surface area (Å²) in [7, 11) is 3.40. The van der Waals surface area contributed by atoms with Crippen LogP contribution in [0.4, 0.5) is 0 Å². The number of aliphatic imine (C=N–C) groups is 1. The van der Waals surface area contributed by atoms with E-state index in [0.29, 0.717) is 11.6 Å². The van der Waals surface area contributed by atoms with Crippen LogP contribution in [0.15, 0.2) is 35.3 Å². The highest BCUT2D eigenvalue weighted by Gasteiger charge is 2.05. The summed E-state index contributed by atoms with van der Waals surface area (Å²) in [4.78, 5) is 6.82. The first-order valence-electron chi connectivity index (χ1n) is 6.94. The van der Waals surface area contributed by atoms with Crippen LogP contribution in [0.1, 0.15) is 15.3 Å². The highest BCUT2D eigenvalue weighted by molar-refractivity contribution is 7.11. The smallest absolute Gasteiger partial charge is 0.191 e. The maximum Gasteiger partial charge on any atom is 0.191 e. The molecule has 0 radical (unpaired) electrons. The summed E-state index contributed by atoms with van der Waals surface area (Å²) in [6, 6.07) is 9.86. The minimum Gasteiger partial charge on any atom is -0.496 e. The van der Waals surface area contributed by atoms with Gasteiger partial charge in [-0.3, -0.25) is 4.99 Å². The van der Waals surface area contributed by atoms with E-state index in [1.165, 1.54) is 9.75 Å². The van der Waals surface area contributed by atoms with Gasteiger partial charge in [-0.15, -0.1) is 11.3 Å². The molecule has 22 heavy (non-hydrogen) atoms. The number of halogens is 1. The average molecular weight is 338 g/mol. The van der Waals surface area contributed by atoms with Gasteiger partial charge in [-0.25, -0.2) is 0 Å². The van der Waals surface area contributed by atoms with Gasteiger partial charge in [0.2, 0.25) is 0 Å². The fourth-order valence-electron chi connectivity index (χ4n) is 2.01. The molecule has 2 N–H and O–H groups in total. The maximum absolute atomic E-state index is 5.97. The first kappa shape index (κ1) is 16.6. The second kappa shape index (κ2) is 8.06. The zero-order valence-corrected chi connectivity index (χ0v) is 14.5. The van der Waals surface area contributed by atoms with Crippen molar-refractivity contribution in [3.8, 4) is 5.75 Å². The third kappa shape index (κ3) is 4.64. The van der Waals surface area contributed by atoms with Crippen LogP contribution in [0.3, 0.4) is 0 Å². The van der Waals surface area contributed by atoms with E-state index >= 15 is 0 Å². The summed E-state index contributed by atoms with van der Waals surface area (Å²) in [5.41, 5.74) is 1.03. The molecule has 0 saturated carbocycles. The second-order valence-corrected chi connectivity index (χ2v) is 6.56. The van der Waals surface area contributed by atoms with Gasteiger partial charge in [-0.05, 0) is 31.2 Å². The molecule has 118 valence electrons. The second-order valence-electron chi connectivity index (χ2n) is 4.75. The normalized spacial score (nSPS) is 11.4. The van der Waals surface area contributed by atoms with E-state index in [1.807, 2.05) is 18.2 Å². The van der Waals surface area contributed by atoms with Crippen molar-refractivity contribution in [3.63, 3.8) is 0 Å². The standard InChI is InChI=1S/C16H20ClN3OS/c1-11-4-7-14(22-11)10-20-16(18-2)19-9-12-5-6-13(17)8-15(12)21-3/h4-8H,9-10H2,1-3H3,(H2,18,19,20). The Bertz CT molecular complexity index is 655. The van der Waals surface area contributed by atoms with Crippen LogP contribution >= 0.6 is 22.9 Å². The highest BCUT2D eigenvalue weighted by atomic mass is 35.5. The number of aryl methyl sites for hydroxylation is 1. The third-order valence-electron chi connectivity index (χ3n) is 3.15. The number of hydrogen-bond donors (Lipinski definition) is 2. The van der Waals surface area contributed by atoms with E-state index in [1.54, 1.807) is 25.5 Å². The summed E-state index contributed by atoms with van der Waals surface area (Å²) in [6.45, 7) is 3.48. The lowest BCUT2D eigenvalue weighted by Gasteiger charge is -2.13. The van der Waals surface area contributed by atoms with Crippen molar-refractivity contribution in [1.82, 2.24) is 10.6 Å². The molecule has 0 aliphatic carbocycles. The SMILES string of the molecule is CN=C(NCc1ccc(C)s1)NCc1ccc(Cl)cc1OC. The molecule has 0 aliphatic rings. The Morgan fingerprint density at radius 3 is 2.64 bits per heavy atom. The summed E-state index contributed by atoms with van der Waals surface area (Å²) >= 11 is 7.75. The predicted octanol–water partition coefficient (Wildman–Crippen LogP) is 3.58. The molecule has 0 bridgehead atoms. The quantitative estimate of drug-likeness (QED) is 0.647. The molecule has 0 atom stereocenters. The summed E-state index contributed by atoms with van der Waals surface area (Å²) in [5, 5.41) is 7.24. The summed E-state index contributed by atoms with van der Waals surface area (Å²) < 4.78 is 5.34. The fraction of sp³-hybridized carbons (Fsp3) is 0.312. The van der Waals surface area contributed by atoms with Gasteiger partial charge in [0, 0.05) is 33.9 Å². The Morgan fingerprint density at radius 2 is 2.00 bits per heavy atom. The topological polar surface area (TPSA) is 45.7 Å². The molecule has 2 rings (SSSR count). The minimum absolute atomic E-state index is 0.615. The molecule has 1 aromatic heterocycles. The molecular weight excluding hydrogens is 318 g/mol. The number of thiophene rings is 1. The third-order valence-corrected chi connectivity index (χ3v) is 4.38. The van der Waals surface area contributed by atoms with Gasteiger partial charge in [0.25, 0.3) is 0 Å². The lowest BCUT2D eigenvalue weighted by molar-refractivity contribution is 0.409. The van der Waals surface area contributed by atoms with E-state index < -0.39 is 0 Å². The van der Waals surface area contributed by atoms with E-state index in [2.05, 4.69) is 34.7 Å². The van der Waals surface area contributed by atoms with Crippen LogP contribution in [0.25, 0.3) is 0 Å². The van der Waals surface area contributed by atoms with Gasteiger partial charge in [0.1, 0.15) is 5.75 Å². The molecule has 0 saturated heterocycles. The monoisotopic (exact) mass is 337 g/mol. The summed E-state index contributed by atoms with van der Waals surface area (Å²) in [5.74, 6) is 1.52. The van der Waals surface area contributed by atoms with Gasteiger partial charge in [-0.1, -0.05) is 17.7 Å². The predicted molar refractivity (Wildman–Crippen MR) is 94.1 cm³/mol. The molecule has 0 fully saturated rings. The van der Waals surface area contributed by atoms with E-state index in [-0.39, 0.29) is 0 Å². The Kier molecular flexibility index (Phi) is 6.10. The number of guanidine groups is 1. The summed E-state index contributed by atoms with van der Waals surface area (Å²) in [6.07, 6.45) is 0. The Hall–Kier alpha value is -1.72. The average Bonchev–Trinajstić information content (AvgIpc) is 2.94. The van der Waals surface area contributed by atoms with Crippen molar-refractivity contribution in [2.24, 2.45) is 4.99 Å². The Morgan fingerprint density at radius 1 is 1.23 bits per heavy atom. The van der Waals surface area contributed by atoms with Crippen LogP contribution in [0, 0.1) is 6.92 Å². The van der Waals surface area contributed by atoms with Gasteiger partial charge in [-0.2, -0.15) is 0 Å². The Labute approximate surface area is 140 Å². The van der Waals surface area contributed by atoms with Crippen LogP contribution in [0.5, 0.6) is 5.75 Å². The van der Waals surface area contributed by atoms with Crippen LogP contribution in [-0.4, -0.2) is 20.1 Å². The van der Waals surface area contributed by atoms with Gasteiger partial charge < -0.3 is 15.4 Å². The van der Waals surface area contributed by atoms with Crippen LogP contribution in [0.2, 0.25) is 5.02 Å². The molecule has 0 amide bonds. The van der Waals surface area contributed by atoms with Gasteiger partial charge in [0.15, 0.2) is 5.96 Å². The first-order chi connectivity index (χ1) is 10.6. The van der Waals surface area contributed by atoms with Crippen molar-refractivity contribution in [2.75, 3.05) is 14.2 Å². The van der Waals surface area contributed by atoms with Crippen molar-refractivity contribution in [2.45, 2.75) is 20.0 Å². The molecule has 6 heteroatoms. The van der Waals surface area contributed by atoms with Crippen molar-refractivity contribution < 1.29 is 4.74 Å². The zero-order valence-electron chi connectivity index (χ0n) is 12.9. The number of hydrogen-bond acceptors (Lipinski definition) is 3. The zero-order chi connectivity index (χ0) is 15.9. The lowest BCUT2D eigenvalue weighted by Crippen LogP contribution is -2.36. The van der Waals surface area contributed by atoms with E-state index in [9.17, 15) is 0 Å². The van der Waals surface area contributed by atoms with Gasteiger partial charge >= 0.3 is 0 Å². The van der Waals surface area contributed by atoms with Gasteiger partial charge in [0.05, 0.1) is 13.7 Å². The number of methoxy groups -OCH3 is 1. The maximum atomic E-state index is 5.97. The van der Waals surface area contributed by atoms with Crippen molar-refractivity contribution >= 4 is 28.9 Å². The largest absolute Gasteiger partial charge is 0.496 e. The highest BCUT2D eigenvalue weighted by Crippen LogP contribution is 2.22. The number of ether oxygens (including phenoxy) is 1. The molecule has 0 unspecified atom stereocenters. The minimum atomic E-state index is 0.615. The number of nitrogens with zero attached hydrogens (tertiary/aromatic N) is 1. The number of benzene rings is 1. The molecule has 0 aliphatic heterocycles. The molecular formula is C16H20ClN3OS. The Balaban J connectivity index is 1.91. The van der Waals surface area contributed by atoms with Crippen LogP contribution in [-0.2, 0) is 13.1 Å². The molecule has 2 aromatic rings.